The zero-order valence-electron chi connectivity index (χ0n) is 14.3. The van der Waals surface area contributed by atoms with Gasteiger partial charge in [-0.2, -0.15) is 4.98 Å². The van der Waals surface area contributed by atoms with E-state index in [9.17, 15) is 0 Å². The summed E-state index contributed by atoms with van der Waals surface area (Å²) in [5, 5.41) is 6.84. The topological polar surface area (TPSA) is 49.8 Å². The van der Waals surface area contributed by atoms with E-state index in [2.05, 4.69) is 71.7 Å². The number of hydrogen-bond donors (Lipinski definition) is 2. The first-order chi connectivity index (χ1) is 11.0. The van der Waals surface area contributed by atoms with Crippen molar-refractivity contribution in [3.63, 3.8) is 0 Å². The Morgan fingerprint density at radius 1 is 1.09 bits per heavy atom. The maximum Gasteiger partial charge on any atom is 0.225 e. The molecule has 0 amide bonds. The number of hydrogen-bond acceptors (Lipinski definition) is 4. The SMILES string of the molecule is CC(C)(C)Nc1nc(NCCc2ccccc2)cc(C2CC2)n1. The van der Waals surface area contributed by atoms with E-state index < -0.39 is 0 Å². The molecule has 1 aliphatic carbocycles. The lowest BCUT2D eigenvalue weighted by molar-refractivity contribution is 0.625. The number of benzene rings is 1. The van der Waals surface area contributed by atoms with Gasteiger partial charge in [-0.1, -0.05) is 30.3 Å². The Balaban J connectivity index is 1.67. The van der Waals surface area contributed by atoms with Crippen LogP contribution in [0.4, 0.5) is 11.8 Å². The minimum atomic E-state index is -0.0382. The summed E-state index contributed by atoms with van der Waals surface area (Å²) in [6.45, 7) is 7.26. The Bertz CT molecular complexity index is 642. The van der Waals surface area contributed by atoms with Gasteiger partial charge < -0.3 is 10.6 Å². The van der Waals surface area contributed by atoms with Crippen LogP contribution in [0, 0.1) is 0 Å². The van der Waals surface area contributed by atoms with Crippen LogP contribution >= 0.6 is 0 Å². The highest BCUT2D eigenvalue weighted by atomic mass is 15.2. The predicted octanol–water partition coefficient (Wildman–Crippen LogP) is 4.22. The van der Waals surface area contributed by atoms with Crippen LogP contribution in [0.2, 0.25) is 0 Å². The molecule has 2 N–H and O–H groups in total. The van der Waals surface area contributed by atoms with Gasteiger partial charge in [0, 0.05) is 24.1 Å². The molecule has 0 unspecified atom stereocenters. The fraction of sp³-hybridized carbons (Fsp3) is 0.474. The maximum atomic E-state index is 4.68. The van der Waals surface area contributed by atoms with Gasteiger partial charge in [0.1, 0.15) is 5.82 Å². The number of aromatic nitrogens is 2. The Morgan fingerprint density at radius 2 is 1.83 bits per heavy atom. The summed E-state index contributed by atoms with van der Waals surface area (Å²) in [5.74, 6) is 2.27. The van der Waals surface area contributed by atoms with Crippen LogP contribution in [0.15, 0.2) is 36.4 Å². The fourth-order valence-corrected chi connectivity index (χ4v) is 2.52. The standard InChI is InChI=1S/C19H26N4/c1-19(2,3)23-18-21-16(15-9-10-15)13-17(22-18)20-12-11-14-7-5-4-6-8-14/h4-8,13,15H,9-12H2,1-3H3,(H2,20,21,22,23). The molecule has 1 aromatic heterocycles. The lowest BCUT2D eigenvalue weighted by atomic mass is 10.1. The van der Waals surface area contributed by atoms with Gasteiger partial charge in [-0.05, 0) is 45.6 Å². The van der Waals surface area contributed by atoms with Crippen molar-refractivity contribution >= 4 is 11.8 Å². The second kappa shape index (κ2) is 6.57. The Hall–Kier alpha value is -2.10. The van der Waals surface area contributed by atoms with Crippen LogP contribution in [0.5, 0.6) is 0 Å². The van der Waals surface area contributed by atoms with Gasteiger partial charge in [-0.15, -0.1) is 0 Å². The van der Waals surface area contributed by atoms with Crippen LogP contribution < -0.4 is 10.6 Å². The van der Waals surface area contributed by atoms with Crippen molar-refractivity contribution in [1.82, 2.24) is 9.97 Å². The van der Waals surface area contributed by atoms with Crippen molar-refractivity contribution in [2.75, 3.05) is 17.2 Å². The Kier molecular flexibility index (Phi) is 4.51. The van der Waals surface area contributed by atoms with Crippen molar-refractivity contribution < 1.29 is 0 Å². The van der Waals surface area contributed by atoms with Gasteiger partial charge in [0.2, 0.25) is 5.95 Å². The van der Waals surface area contributed by atoms with Crippen LogP contribution in [-0.4, -0.2) is 22.1 Å². The molecule has 4 nitrogen and oxygen atoms in total. The highest BCUT2D eigenvalue weighted by Crippen LogP contribution is 2.40. The third-order valence-corrected chi connectivity index (χ3v) is 3.79. The minimum absolute atomic E-state index is 0.0382. The molecule has 0 radical (unpaired) electrons. The van der Waals surface area contributed by atoms with Gasteiger partial charge in [0.05, 0.1) is 5.69 Å². The average Bonchev–Trinajstić information content (AvgIpc) is 3.31. The van der Waals surface area contributed by atoms with E-state index in [0.29, 0.717) is 5.92 Å². The van der Waals surface area contributed by atoms with Crippen molar-refractivity contribution in [3.8, 4) is 0 Å². The molecule has 1 aliphatic rings. The molecule has 0 saturated heterocycles. The van der Waals surface area contributed by atoms with Crippen molar-refractivity contribution in [2.45, 2.75) is 51.5 Å². The molecule has 4 heteroatoms. The molecule has 1 saturated carbocycles. The molecule has 1 aromatic carbocycles. The molecule has 0 aliphatic heterocycles. The largest absolute Gasteiger partial charge is 0.370 e. The highest BCUT2D eigenvalue weighted by Gasteiger charge is 2.26. The van der Waals surface area contributed by atoms with E-state index in [1.165, 1.54) is 18.4 Å². The van der Waals surface area contributed by atoms with E-state index in [1.807, 2.05) is 6.07 Å². The summed E-state index contributed by atoms with van der Waals surface area (Å²) in [6.07, 6.45) is 3.48. The van der Waals surface area contributed by atoms with Gasteiger partial charge in [0.15, 0.2) is 0 Å². The quantitative estimate of drug-likeness (QED) is 0.839. The van der Waals surface area contributed by atoms with Gasteiger partial charge in [-0.25, -0.2) is 4.98 Å². The second-order valence-electron chi connectivity index (χ2n) is 7.31. The van der Waals surface area contributed by atoms with E-state index >= 15 is 0 Å². The van der Waals surface area contributed by atoms with Crippen LogP contribution in [0.3, 0.4) is 0 Å². The average molecular weight is 310 g/mol. The summed E-state index contributed by atoms with van der Waals surface area (Å²) < 4.78 is 0. The van der Waals surface area contributed by atoms with Gasteiger partial charge in [-0.3, -0.25) is 0 Å². The highest BCUT2D eigenvalue weighted by molar-refractivity contribution is 5.45. The molecule has 3 rings (SSSR count). The zero-order chi connectivity index (χ0) is 16.3. The zero-order valence-corrected chi connectivity index (χ0v) is 14.3. The molecule has 0 atom stereocenters. The first-order valence-corrected chi connectivity index (χ1v) is 8.44. The summed E-state index contributed by atoms with van der Waals surface area (Å²) in [5.41, 5.74) is 2.46. The first kappa shape index (κ1) is 15.8. The summed E-state index contributed by atoms with van der Waals surface area (Å²) >= 11 is 0. The Labute approximate surface area is 138 Å². The number of rotatable bonds is 6. The molecule has 0 bridgehead atoms. The van der Waals surface area contributed by atoms with Gasteiger partial charge in [0.25, 0.3) is 0 Å². The maximum absolute atomic E-state index is 4.68. The van der Waals surface area contributed by atoms with Crippen molar-refractivity contribution in [3.05, 3.63) is 47.7 Å². The van der Waals surface area contributed by atoms with Crippen LogP contribution in [-0.2, 0) is 6.42 Å². The number of nitrogens with zero attached hydrogens (tertiary/aromatic N) is 2. The molecule has 1 heterocycles. The molecular formula is C19H26N4. The lowest BCUT2D eigenvalue weighted by Crippen LogP contribution is -2.27. The summed E-state index contributed by atoms with van der Waals surface area (Å²) in [6, 6.07) is 12.6. The minimum Gasteiger partial charge on any atom is -0.370 e. The monoisotopic (exact) mass is 310 g/mol. The molecule has 1 fully saturated rings. The third kappa shape index (κ3) is 4.95. The summed E-state index contributed by atoms with van der Waals surface area (Å²) in [7, 11) is 0. The fourth-order valence-electron chi connectivity index (χ4n) is 2.52. The van der Waals surface area contributed by atoms with Gasteiger partial charge >= 0.3 is 0 Å². The number of nitrogens with one attached hydrogen (secondary N) is 2. The Morgan fingerprint density at radius 3 is 2.48 bits per heavy atom. The molecule has 2 aromatic rings. The smallest absolute Gasteiger partial charge is 0.225 e. The van der Waals surface area contributed by atoms with Crippen LogP contribution in [0.1, 0.15) is 50.8 Å². The first-order valence-electron chi connectivity index (χ1n) is 8.44. The van der Waals surface area contributed by atoms with E-state index in [1.54, 1.807) is 0 Å². The number of anilines is 2. The second-order valence-corrected chi connectivity index (χ2v) is 7.31. The van der Waals surface area contributed by atoms with E-state index in [0.717, 1.165) is 30.4 Å². The molecular weight excluding hydrogens is 284 g/mol. The molecule has 122 valence electrons. The third-order valence-electron chi connectivity index (χ3n) is 3.79. The van der Waals surface area contributed by atoms with E-state index in [4.69, 9.17) is 0 Å². The summed E-state index contributed by atoms with van der Waals surface area (Å²) in [4.78, 5) is 9.31. The lowest BCUT2D eigenvalue weighted by Gasteiger charge is -2.21. The van der Waals surface area contributed by atoms with Crippen molar-refractivity contribution in [1.29, 1.82) is 0 Å². The molecule has 23 heavy (non-hydrogen) atoms. The predicted molar refractivity (Wildman–Crippen MR) is 96.0 cm³/mol. The van der Waals surface area contributed by atoms with Crippen LogP contribution in [0.25, 0.3) is 0 Å². The van der Waals surface area contributed by atoms with E-state index in [-0.39, 0.29) is 5.54 Å². The van der Waals surface area contributed by atoms with Crippen molar-refractivity contribution in [2.24, 2.45) is 0 Å². The molecule has 0 spiro atoms. The normalized spacial score (nSPS) is 14.6.